The topological polar surface area (TPSA) is 242 Å². The molecular weight excluding hydrogens is 480 g/mol. The van der Waals surface area contributed by atoms with Gasteiger partial charge in [-0.05, 0) is 32.1 Å². The van der Waals surface area contributed by atoms with Gasteiger partial charge in [-0.25, -0.2) is 0 Å². The molecule has 0 saturated heterocycles. The van der Waals surface area contributed by atoms with Gasteiger partial charge >= 0.3 is 17.9 Å². The maximum atomic E-state index is 12.9. The number of ketones is 1. The average molecular weight is 517 g/mol. The van der Waals surface area contributed by atoms with Gasteiger partial charge in [0, 0.05) is 19.3 Å². The number of carbonyl (C=O) groups is 7. The van der Waals surface area contributed by atoms with Crippen LogP contribution < -0.4 is 21.7 Å². The van der Waals surface area contributed by atoms with Crippen LogP contribution in [0.5, 0.6) is 0 Å². The molecule has 0 bridgehead atoms. The van der Waals surface area contributed by atoms with E-state index in [9.17, 15) is 33.6 Å². The van der Waals surface area contributed by atoms with Gasteiger partial charge in [0.1, 0.15) is 12.1 Å². The monoisotopic (exact) mass is 516 g/mol. The van der Waals surface area contributed by atoms with Crippen LogP contribution in [-0.2, 0) is 33.6 Å². The molecule has 5 unspecified atom stereocenters. The van der Waals surface area contributed by atoms with Gasteiger partial charge in [0.25, 0.3) is 0 Å². The van der Waals surface area contributed by atoms with E-state index in [2.05, 4.69) is 16.0 Å². The van der Waals surface area contributed by atoms with E-state index < -0.39 is 79.1 Å². The first-order valence-electron chi connectivity index (χ1n) is 11.5. The van der Waals surface area contributed by atoms with E-state index in [1.54, 1.807) is 6.92 Å². The van der Waals surface area contributed by atoms with Crippen LogP contribution in [0.3, 0.4) is 0 Å². The zero-order valence-electron chi connectivity index (χ0n) is 20.6. The molecule has 0 aromatic heterocycles. The SMILES string of the molecule is CCC(C)C(NC(=O)C(CCC(=O)O)NC(=O)C(CCC(=O)O)NC(=O)C(N)CCC(=O)O)C(C)=O. The number of Topliss-reactive ketones (excluding diaryl/α,β-unsaturated/α-hetero) is 1. The van der Waals surface area contributed by atoms with E-state index >= 15 is 0 Å². The van der Waals surface area contributed by atoms with Crippen LogP contribution in [-0.4, -0.2) is 80.9 Å². The third-order valence-electron chi connectivity index (χ3n) is 5.51. The molecule has 204 valence electrons. The van der Waals surface area contributed by atoms with Gasteiger partial charge in [-0.2, -0.15) is 0 Å². The molecule has 0 aliphatic heterocycles. The van der Waals surface area contributed by atoms with Gasteiger partial charge in [-0.15, -0.1) is 0 Å². The van der Waals surface area contributed by atoms with Gasteiger partial charge in [-0.3, -0.25) is 33.6 Å². The van der Waals surface area contributed by atoms with Gasteiger partial charge in [0.15, 0.2) is 5.78 Å². The Morgan fingerprint density at radius 2 is 1.08 bits per heavy atom. The summed E-state index contributed by atoms with van der Waals surface area (Å²) in [5.41, 5.74) is 5.64. The molecule has 0 heterocycles. The van der Waals surface area contributed by atoms with Crippen LogP contribution in [0.2, 0.25) is 0 Å². The summed E-state index contributed by atoms with van der Waals surface area (Å²) < 4.78 is 0. The second-order valence-corrected chi connectivity index (χ2v) is 8.51. The van der Waals surface area contributed by atoms with E-state index in [4.69, 9.17) is 21.1 Å². The number of hydrogen-bond acceptors (Lipinski definition) is 8. The molecule has 3 amide bonds. The number of amides is 3. The second kappa shape index (κ2) is 16.2. The zero-order valence-corrected chi connectivity index (χ0v) is 20.6. The lowest BCUT2D eigenvalue weighted by molar-refractivity contribution is -0.140. The molecule has 0 radical (unpaired) electrons. The lowest BCUT2D eigenvalue weighted by Gasteiger charge is -2.27. The Labute approximate surface area is 208 Å². The Morgan fingerprint density at radius 1 is 0.694 bits per heavy atom. The molecule has 5 atom stereocenters. The molecule has 36 heavy (non-hydrogen) atoms. The second-order valence-electron chi connectivity index (χ2n) is 8.51. The predicted octanol–water partition coefficient (Wildman–Crippen LogP) is -1.00. The van der Waals surface area contributed by atoms with Crippen LogP contribution in [0.4, 0.5) is 0 Å². The number of hydrogen-bond donors (Lipinski definition) is 7. The summed E-state index contributed by atoms with van der Waals surface area (Å²) in [5.74, 6) is -6.95. The van der Waals surface area contributed by atoms with Crippen molar-refractivity contribution in [1.82, 2.24) is 16.0 Å². The first-order valence-corrected chi connectivity index (χ1v) is 11.5. The quantitative estimate of drug-likeness (QED) is 0.116. The molecule has 0 saturated carbocycles. The van der Waals surface area contributed by atoms with Crippen molar-refractivity contribution in [2.75, 3.05) is 0 Å². The molecule has 8 N–H and O–H groups in total. The molecule has 0 fully saturated rings. The summed E-state index contributed by atoms with van der Waals surface area (Å²) in [6.07, 6.45) is -1.84. The highest BCUT2D eigenvalue weighted by Crippen LogP contribution is 2.10. The molecule has 0 rings (SSSR count). The standard InChI is InChI=1S/C22H36N4O10/c1-4-11(2)19(12(3)27)26-22(36)15(7-10-18(32)33)25-21(35)14(6-9-17(30)31)24-20(34)13(23)5-8-16(28)29/h11,13-15,19H,4-10,23H2,1-3H3,(H,24,34)(H,25,35)(H,26,36)(H,28,29)(H,30,31)(H,32,33). The Bertz CT molecular complexity index is 832. The van der Waals surface area contributed by atoms with E-state index in [1.165, 1.54) is 6.92 Å². The highest BCUT2D eigenvalue weighted by atomic mass is 16.4. The van der Waals surface area contributed by atoms with Crippen LogP contribution in [0.15, 0.2) is 0 Å². The van der Waals surface area contributed by atoms with Crippen molar-refractivity contribution in [3.8, 4) is 0 Å². The molecule has 0 aromatic carbocycles. The van der Waals surface area contributed by atoms with Crippen molar-refractivity contribution in [3.63, 3.8) is 0 Å². The average Bonchev–Trinajstić information content (AvgIpc) is 2.79. The minimum atomic E-state index is -1.46. The van der Waals surface area contributed by atoms with E-state index in [-0.39, 0.29) is 31.0 Å². The molecule has 14 heteroatoms. The summed E-state index contributed by atoms with van der Waals surface area (Å²) in [6, 6.07) is -5.02. The van der Waals surface area contributed by atoms with Crippen LogP contribution in [0.25, 0.3) is 0 Å². The number of aliphatic carboxylic acids is 3. The largest absolute Gasteiger partial charge is 0.481 e. The lowest BCUT2D eigenvalue weighted by atomic mass is 9.95. The van der Waals surface area contributed by atoms with Crippen molar-refractivity contribution in [3.05, 3.63) is 0 Å². The van der Waals surface area contributed by atoms with Crippen molar-refractivity contribution < 1.29 is 48.9 Å². The number of carbonyl (C=O) groups excluding carboxylic acids is 4. The normalized spacial score (nSPS) is 14.9. The third kappa shape index (κ3) is 12.8. The van der Waals surface area contributed by atoms with Gasteiger partial charge in [0.05, 0.1) is 12.1 Å². The van der Waals surface area contributed by atoms with Crippen molar-refractivity contribution in [2.24, 2.45) is 11.7 Å². The van der Waals surface area contributed by atoms with Crippen LogP contribution in [0, 0.1) is 5.92 Å². The number of carboxylic acids is 3. The van der Waals surface area contributed by atoms with Crippen LogP contribution in [0.1, 0.15) is 65.7 Å². The Balaban J connectivity index is 5.67. The summed E-state index contributed by atoms with van der Waals surface area (Å²) in [7, 11) is 0. The highest BCUT2D eigenvalue weighted by molar-refractivity contribution is 5.95. The minimum Gasteiger partial charge on any atom is -0.481 e. The predicted molar refractivity (Wildman–Crippen MR) is 125 cm³/mol. The van der Waals surface area contributed by atoms with Crippen molar-refractivity contribution in [1.29, 1.82) is 0 Å². The van der Waals surface area contributed by atoms with Gasteiger partial charge < -0.3 is 37.0 Å². The number of rotatable bonds is 18. The molecule has 14 nitrogen and oxygen atoms in total. The molecule has 0 spiro atoms. The maximum absolute atomic E-state index is 12.9. The number of nitrogens with two attached hydrogens (primary N) is 1. The van der Waals surface area contributed by atoms with E-state index in [0.717, 1.165) is 0 Å². The van der Waals surface area contributed by atoms with Crippen molar-refractivity contribution in [2.45, 2.75) is 89.9 Å². The third-order valence-corrected chi connectivity index (χ3v) is 5.51. The summed E-state index contributed by atoms with van der Waals surface area (Å²) in [6.45, 7) is 4.84. The number of nitrogens with one attached hydrogen (secondary N) is 3. The van der Waals surface area contributed by atoms with Crippen LogP contribution >= 0.6 is 0 Å². The van der Waals surface area contributed by atoms with Gasteiger partial charge in [0.2, 0.25) is 17.7 Å². The molecule has 0 aliphatic rings. The Morgan fingerprint density at radius 3 is 1.47 bits per heavy atom. The molecular formula is C22H36N4O10. The van der Waals surface area contributed by atoms with Gasteiger partial charge in [-0.1, -0.05) is 20.3 Å². The van der Waals surface area contributed by atoms with E-state index in [0.29, 0.717) is 6.42 Å². The Kier molecular flexibility index (Phi) is 14.6. The fraction of sp³-hybridized carbons (Fsp3) is 0.682. The molecule has 0 aliphatic carbocycles. The highest BCUT2D eigenvalue weighted by Gasteiger charge is 2.31. The smallest absolute Gasteiger partial charge is 0.303 e. The maximum Gasteiger partial charge on any atom is 0.303 e. The minimum absolute atomic E-state index is 0.236. The first kappa shape index (κ1) is 32.5. The summed E-state index contributed by atoms with van der Waals surface area (Å²) >= 11 is 0. The Hall–Kier alpha value is -3.55. The fourth-order valence-corrected chi connectivity index (χ4v) is 3.17. The lowest BCUT2D eigenvalue weighted by Crippen LogP contribution is -2.57. The molecule has 0 aromatic rings. The van der Waals surface area contributed by atoms with E-state index in [1.807, 2.05) is 6.92 Å². The summed E-state index contributed by atoms with van der Waals surface area (Å²) in [5, 5.41) is 33.8. The summed E-state index contributed by atoms with van der Waals surface area (Å²) in [4.78, 5) is 82.8. The first-order chi connectivity index (χ1) is 16.7. The fourth-order valence-electron chi connectivity index (χ4n) is 3.17. The number of carboxylic acid groups (broad SMARTS) is 3. The zero-order chi connectivity index (χ0) is 28.0. The van der Waals surface area contributed by atoms with Crippen molar-refractivity contribution >= 4 is 41.4 Å².